The van der Waals surface area contributed by atoms with Gasteiger partial charge in [-0.3, -0.25) is 4.90 Å². The van der Waals surface area contributed by atoms with Gasteiger partial charge in [-0.1, -0.05) is 22.9 Å². The number of halogens is 1. The zero-order valence-corrected chi connectivity index (χ0v) is 14.4. The molecule has 0 unspecified atom stereocenters. The normalized spacial score (nSPS) is 19.5. The number of hydrogen-bond donors (Lipinski definition) is 1. The summed E-state index contributed by atoms with van der Waals surface area (Å²) in [4.78, 5) is 2.58. The van der Waals surface area contributed by atoms with Crippen LogP contribution in [0.3, 0.4) is 0 Å². The SMILES string of the molecule is CCNCC1CCN(Cc2cc(Br)cc3c2OCC3)CC1. The van der Waals surface area contributed by atoms with Crippen molar-refractivity contribution in [1.82, 2.24) is 10.2 Å². The highest BCUT2D eigenvalue weighted by Crippen LogP contribution is 2.34. The van der Waals surface area contributed by atoms with Gasteiger partial charge in [0.2, 0.25) is 0 Å². The van der Waals surface area contributed by atoms with E-state index in [4.69, 9.17) is 4.74 Å². The standard InChI is InChI=1S/C17H25BrN2O/c1-2-19-11-13-3-6-20(7-4-13)12-15-10-16(18)9-14-5-8-21-17(14)15/h9-10,13,19H,2-8,11-12H2,1H3. The van der Waals surface area contributed by atoms with E-state index in [9.17, 15) is 0 Å². The molecule has 4 heteroatoms. The first kappa shape index (κ1) is 15.3. The summed E-state index contributed by atoms with van der Waals surface area (Å²) in [6.07, 6.45) is 3.67. The molecular formula is C17H25BrN2O. The molecule has 3 nitrogen and oxygen atoms in total. The molecule has 1 aromatic rings. The molecule has 0 bridgehead atoms. The van der Waals surface area contributed by atoms with Crippen LogP contribution < -0.4 is 10.1 Å². The van der Waals surface area contributed by atoms with Crippen LogP contribution in [-0.2, 0) is 13.0 Å². The van der Waals surface area contributed by atoms with Crippen molar-refractivity contribution in [3.63, 3.8) is 0 Å². The van der Waals surface area contributed by atoms with Crippen molar-refractivity contribution in [3.05, 3.63) is 27.7 Å². The highest BCUT2D eigenvalue weighted by Gasteiger charge is 2.22. The molecule has 21 heavy (non-hydrogen) atoms. The van der Waals surface area contributed by atoms with Crippen molar-refractivity contribution in [2.75, 3.05) is 32.8 Å². The summed E-state index contributed by atoms with van der Waals surface area (Å²) in [5, 5.41) is 3.48. The lowest BCUT2D eigenvalue weighted by atomic mass is 9.96. The Balaban J connectivity index is 1.59. The first-order chi connectivity index (χ1) is 10.3. The molecule has 0 spiro atoms. The maximum atomic E-state index is 5.84. The van der Waals surface area contributed by atoms with Gasteiger partial charge in [-0.2, -0.15) is 0 Å². The number of hydrogen-bond acceptors (Lipinski definition) is 3. The van der Waals surface area contributed by atoms with Crippen molar-refractivity contribution >= 4 is 15.9 Å². The van der Waals surface area contributed by atoms with E-state index in [0.29, 0.717) is 0 Å². The molecule has 1 fully saturated rings. The lowest BCUT2D eigenvalue weighted by Gasteiger charge is -2.32. The summed E-state index contributed by atoms with van der Waals surface area (Å²) in [5.74, 6) is 2.00. The summed E-state index contributed by atoms with van der Waals surface area (Å²) >= 11 is 3.64. The van der Waals surface area contributed by atoms with Crippen molar-refractivity contribution in [2.24, 2.45) is 5.92 Å². The second kappa shape index (κ2) is 7.12. The Labute approximate surface area is 136 Å². The van der Waals surface area contributed by atoms with E-state index in [1.165, 1.54) is 48.1 Å². The van der Waals surface area contributed by atoms with Gasteiger partial charge in [0.05, 0.1) is 6.61 Å². The third kappa shape index (κ3) is 3.79. The minimum absolute atomic E-state index is 0.837. The van der Waals surface area contributed by atoms with Crippen LogP contribution in [0.5, 0.6) is 5.75 Å². The van der Waals surface area contributed by atoms with Gasteiger partial charge in [-0.15, -0.1) is 0 Å². The Hall–Kier alpha value is -0.580. The van der Waals surface area contributed by atoms with Gasteiger partial charge in [0.15, 0.2) is 0 Å². The van der Waals surface area contributed by atoms with E-state index in [0.717, 1.165) is 37.8 Å². The van der Waals surface area contributed by atoms with Crippen LogP contribution in [0, 0.1) is 5.92 Å². The molecule has 1 aromatic carbocycles. The molecule has 0 amide bonds. The highest BCUT2D eigenvalue weighted by molar-refractivity contribution is 9.10. The smallest absolute Gasteiger partial charge is 0.127 e. The van der Waals surface area contributed by atoms with E-state index in [1.807, 2.05) is 0 Å². The van der Waals surface area contributed by atoms with Gasteiger partial charge < -0.3 is 10.1 Å². The average Bonchev–Trinajstić information content (AvgIpc) is 2.95. The largest absolute Gasteiger partial charge is 0.493 e. The monoisotopic (exact) mass is 352 g/mol. The van der Waals surface area contributed by atoms with Crippen molar-refractivity contribution < 1.29 is 4.74 Å². The Bertz CT molecular complexity index is 484. The average molecular weight is 353 g/mol. The topological polar surface area (TPSA) is 24.5 Å². The number of piperidine rings is 1. The Morgan fingerprint density at radius 1 is 1.33 bits per heavy atom. The maximum Gasteiger partial charge on any atom is 0.127 e. The van der Waals surface area contributed by atoms with Gasteiger partial charge in [-0.05, 0) is 62.6 Å². The predicted octanol–water partition coefficient (Wildman–Crippen LogP) is 3.21. The van der Waals surface area contributed by atoms with Crippen molar-refractivity contribution in [1.29, 1.82) is 0 Å². The van der Waals surface area contributed by atoms with Gasteiger partial charge in [0.25, 0.3) is 0 Å². The Kier molecular flexibility index (Phi) is 5.19. The Morgan fingerprint density at radius 3 is 2.90 bits per heavy atom. The van der Waals surface area contributed by atoms with Crippen LogP contribution in [-0.4, -0.2) is 37.7 Å². The minimum atomic E-state index is 0.837. The molecule has 0 aliphatic carbocycles. The fraction of sp³-hybridized carbons (Fsp3) is 0.647. The van der Waals surface area contributed by atoms with Crippen molar-refractivity contribution in [3.8, 4) is 5.75 Å². The van der Waals surface area contributed by atoms with Gasteiger partial charge in [-0.25, -0.2) is 0 Å². The zero-order chi connectivity index (χ0) is 14.7. The van der Waals surface area contributed by atoms with E-state index in [2.05, 4.69) is 45.2 Å². The molecule has 2 aliphatic rings. The molecule has 0 saturated carbocycles. The summed E-state index contributed by atoms with van der Waals surface area (Å²) in [6, 6.07) is 4.43. The predicted molar refractivity (Wildman–Crippen MR) is 89.9 cm³/mol. The lowest BCUT2D eigenvalue weighted by molar-refractivity contribution is 0.174. The summed E-state index contributed by atoms with van der Waals surface area (Å²) in [6.45, 7) is 8.72. The van der Waals surface area contributed by atoms with E-state index in [1.54, 1.807) is 0 Å². The number of rotatable bonds is 5. The first-order valence-corrected chi connectivity index (χ1v) is 8.92. The molecule has 1 N–H and O–H groups in total. The Morgan fingerprint density at radius 2 is 2.14 bits per heavy atom. The van der Waals surface area contributed by atoms with E-state index >= 15 is 0 Å². The molecule has 3 rings (SSSR count). The van der Waals surface area contributed by atoms with Crippen molar-refractivity contribution in [2.45, 2.75) is 32.7 Å². The van der Waals surface area contributed by atoms with Gasteiger partial charge in [0, 0.05) is 23.0 Å². The molecule has 0 radical (unpaired) electrons. The zero-order valence-electron chi connectivity index (χ0n) is 12.8. The molecular weight excluding hydrogens is 328 g/mol. The molecule has 0 aromatic heterocycles. The molecule has 2 aliphatic heterocycles. The van der Waals surface area contributed by atoms with Gasteiger partial charge >= 0.3 is 0 Å². The molecule has 1 saturated heterocycles. The second-order valence-corrected chi connectivity index (χ2v) is 7.09. The minimum Gasteiger partial charge on any atom is -0.493 e. The summed E-state index contributed by atoms with van der Waals surface area (Å²) in [5.41, 5.74) is 2.71. The van der Waals surface area contributed by atoms with E-state index < -0.39 is 0 Å². The number of benzene rings is 1. The summed E-state index contributed by atoms with van der Waals surface area (Å²) < 4.78 is 7.03. The highest BCUT2D eigenvalue weighted by atomic mass is 79.9. The third-order valence-corrected chi connectivity index (χ3v) is 5.07. The summed E-state index contributed by atoms with van der Waals surface area (Å²) in [7, 11) is 0. The van der Waals surface area contributed by atoms with Crippen LogP contribution >= 0.6 is 15.9 Å². The fourth-order valence-corrected chi connectivity index (χ4v) is 3.95. The number of likely N-dealkylation sites (tertiary alicyclic amines) is 1. The maximum absolute atomic E-state index is 5.84. The van der Waals surface area contributed by atoms with Crippen LogP contribution in [0.25, 0.3) is 0 Å². The number of nitrogens with one attached hydrogen (secondary N) is 1. The van der Waals surface area contributed by atoms with Crippen LogP contribution in [0.2, 0.25) is 0 Å². The number of fused-ring (bicyclic) bond motifs is 1. The first-order valence-electron chi connectivity index (χ1n) is 8.13. The third-order valence-electron chi connectivity index (χ3n) is 4.61. The fourth-order valence-electron chi connectivity index (χ4n) is 3.40. The quantitative estimate of drug-likeness (QED) is 0.880. The molecule has 2 heterocycles. The number of ether oxygens (including phenoxy) is 1. The van der Waals surface area contributed by atoms with Crippen LogP contribution in [0.1, 0.15) is 30.9 Å². The molecule has 0 atom stereocenters. The lowest BCUT2D eigenvalue weighted by Crippen LogP contribution is -2.36. The van der Waals surface area contributed by atoms with Crippen LogP contribution in [0.15, 0.2) is 16.6 Å². The van der Waals surface area contributed by atoms with Gasteiger partial charge in [0.1, 0.15) is 5.75 Å². The van der Waals surface area contributed by atoms with Crippen LogP contribution in [0.4, 0.5) is 0 Å². The van der Waals surface area contributed by atoms with E-state index in [-0.39, 0.29) is 0 Å². The number of nitrogens with zero attached hydrogens (tertiary/aromatic N) is 1. The molecule has 116 valence electrons. The second-order valence-electron chi connectivity index (χ2n) is 6.18.